The van der Waals surface area contributed by atoms with Gasteiger partial charge in [-0.3, -0.25) is 4.90 Å². The summed E-state index contributed by atoms with van der Waals surface area (Å²) in [7, 11) is 3.80. The maximum atomic E-state index is 5.86. The SMILES string of the molecule is COc1ccccc1OCCN1CCN(C)CC1CN. The van der Waals surface area contributed by atoms with Crippen LogP contribution >= 0.6 is 0 Å². The lowest BCUT2D eigenvalue weighted by Crippen LogP contribution is -2.55. The zero-order chi connectivity index (χ0) is 14.4. The number of nitrogens with two attached hydrogens (primary N) is 1. The average Bonchev–Trinajstić information content (AvgIpc) is 2.49. The Balaban J connectivity index is 1.83. The monoisotopic (exact) mass is 279 g/mol. The van der Waals surface area contributed by atoms with Crippen LogP contribution in [-0.4, -0.2) is 69.3 Å². The third-order valence-electron chi connectivity index (χ3n) is 3.78. The summed E-state index contributed by atoms with van der Waals surface area (Å²) in [5, 5.41) is 0. The molecular formula is C15H25N3O2. The fourth-order valence-electron chi connectivity index (χ4n) is 2.58. The standard InChI is InChI=1S/C15H25N3O2/c1-17-7-8-18(13(11-16)12-17)9-10-20-15-6-4-3-5-14(15)19-2/h3-6,13H,7-12,16H2,1-2H3. The van der Waals surface area contributed by atoms with Crippen LogP contribution in [0, 0.1) is 0 Å². The number of ether oxygens (including phenoxy) is 2. The Morgan fingerprint density at radius 1 is 1.25 bits per heavy atom. The molecule has 0 bridgehead atoms. The summed E-state index contributed by atoms with van der Waals surface area (Å²) in [4.78, 5) is 4.74. The minimum atomic E-state index is 0.426. The highest BCUT2D eigenvalue weighted by molar-refractivity contribution is 5.39. The van der Waals surface area contributed by atoms with Crippen molar-refractivity contribution in [2.24, 2.45) is 5.73 Å². The van der Waals surface area contributed by atoms with Crippen LogP contribution in [0.25, 0.3) is 0 Å². The van der Waals surface area contributed by atoms with Gasteiger partial charge in [0, 0.05) is 38.8 Å². The van der Waals surface area contributed by atoms with Crippen molar-refractivity contribution in [2.75, 3.05) is 53.5 Å². The summed E-state index contributed by atoms with van der Waals surface area (Å²) < 4.78 is 11.1. The van der Waals surface area contributed by atoms with Gasteiger partial charge in [-0.2, -0.15) is 0 Å². The molecule has 112 valence electrons. The van der Waals surface area contributed by atoms with Gasteiger partial charge < -0.3 is 20.1 Å². The van der Waals surface area contributed by atoms with Gasteiger partial charge in [0.15, 0.2) is 11.5 Å². The number of hydrogen-bond donors (Lipinski definition) is 1. The number of hydrogen-bond acceptors (Lipinski definition) is 5. The number of likely N-dealkylation sites (N-methyl/N-ethyl adjacent to an activating group) is 1. The Hall–Kier alpha value is -1.30. The van der Waals surface area contributed by atoms with E-state index >= 15 is 0 Å². The Morgan fingerprint density at radius 2 is 2.00 bits per heavy atom. The fourth-order valence-corrected chi connectivity index (χ4v) is 2.58. The molecule has 1 unspecified atom stereocenters. The molecule has 5 heteroatoms. The molecule has 0 amide bonds. The summed E-state index contributed by atoms with van der Waals surface area (Å²) in [5.41, 5.74) is 5.86. The second-order valence-corrected chi connectivity index (χ2v) is 5.19. The van der Waals surface area contributed by atoms with E-state index in [1.54, 1.807) is 7.11 Å². The number of benzene rings is 1. The van der Waals surface area contributed by atoms with E-state index < -0.39 is 0 Å². The van der Waals surface area contributed by atoms with E-state index in [0.29, 0.717) is 19.2 Å². The summed E-state index contributed by atoms with van der Waals surface area (Å²) >= 11 is 0. The molecule has 2 rings (SSSR count). The van der Waals surface area contributed by atoms with Crippen LogP contribution in [0.2, 0.25) is 0 Å². The Morgan fingerprint density at radius 3 is 2.70 bits per heavy atom. The van der Waals surface area contributed by atoms with Crippen LogP contribution in [0.5, 0.6) is 11.5 Å². The van der Waals surface area contributed by atoms with Crippen molar-refractivity contribution >= 4 is 0 Å². The molecule has 0 aromatic heterocycles. The molecule has 0 spiro atoms. The Labute approximate surface area is 121 Å². The van der Waals surface area contributed by atoms with Gasteiger partial charge in [-0.1, -0.05) is 12.1 Å². The molecule has 20 heavy (non-hydrogen) atoms. The van der Waals surface area contributed by atoms with E-state index in [1.807, 2.05) is 24.3 Å². The van der Waals surface area contributed by atoms with Gasteiger partial charge in [-0.15, -0.1) is 0 Å². The van der Waals surface area contributed by atoms with Crippen molar-refractivity contribution in [2.45, 2.75) is 6.04 Å². The molecule has 0 aliphatic carbocycles. The predicted molar refractivity (Wildman–Crippen MR) is 80.4 cm³/mol. The van der Waals surface area contributed by atoms with E-state index in [9.17, 15) is 0 Å². The van der Waals surface area contributed by atoms with E-state index in [4.69, 9.17) is 15.2 Å². The van der Waals surface area contributed by atoms with Gasteiger partial charge in [-0.25, -0.2) is 0 Å². The largest absolute Gasteiger partial charge is 0.493 e. The lowest BCUT2D eigenvalue weighted by atomic mass is 10.2. The van der Waals surface area contributed by atoms with Crippen molar-refractivity contribution in [3.63, 3.8) is 0 Å². The van der Waals surface area contributed by atoms with Crippen LogP contribution in [0.3, 0.4) is 0 Å². The van der Waals surface area contributed by atoms with Gasteiger partial charge in [0.1, 0.15) is 6.61 Å². The molecule has 0 radical (unpaired) electrons. The average molecular weight is 279 g/mol. The summed E-state index contributed by atoms with van der Waals surface area (Å²) in [5.74, 6) is 1.58. The molecule has 1 aliphatic heterocycles. The highest BCUT2D eigenvalue weighted by Crippen LogP contribution is 2.25. The van der Waals surface area contributed by atoms with Gasteiger partial charge in [0.2, 0.25) is 0 Å². The van der Waals surface area contributed by atoms with Crippen LogP contribution < -0.4 is 15.2 Å². The summed E-state index contributed by atoms with van der Waals surface area (Å²) in [6, 6.07) is 8.17. The van der Waals surface area contributed by atoms with Crippen LogP contribution in [0.15, 0.2) is 24.3 Å². The van der Waals surface area contributed by atoms with Crippen LogP contribution in [-0.2, 0) is 0 Å². The van der Waals surface area contributed by atoms with Crippen LogP contribution in [0.1, 0.15) is 0 Å². The first kappa shape index (κ1) is 15.1. The molecule has 5 nitrogen and oxygen atoms in total. The van der Waals surface area contributed by atoms with Crippen molar-refractivity contribution in [1.29, 1.82) is 0 Å². The van der Waals surface area contributed by atoms with Crippen molar-refractivity contribution in [1.82, 2.24) is 9.80 Å². The van der Waals surface area contributed by atoms with Gasteiger partial charge in [-0.05, 0) is 19.2 Å². The van der Waals surface area contributed by atoms with Gasteiger partial charge in [0.25, 0.3) is 0 Å². The molecule has 2 N–H and O–H groups in total. The van der Waals surface area contributed by atoms with E-state index in [1.165, 1.54) is 0 Å². The lowest BCUT2D eigenvalue weighted by Gasteiger charge is -2.39. The Kier molecular flexibility index (Phi) is 5.64. The zero-order valence-electron chi connectivity index (χ0n) is 12.4. The predicted octanol–water partition coefficient (Wildman–Crippen LogP) is 0.649. The molecule has 1 aliphatic rings. The smallest absolute Gasteiger partial charge is 0.161 e. The molecular weight excluding hydrogens is 254 g/mol. The molecule has 1 aromatic rings. The molecule has 1 aromatic carbocycles. The lowest BCUT2D eigenvalue weighted by molar-refractivity contribution is 0.0803. The minimum absolute atomic E-state index is 0.426. The maximum absolute atomic E-state index is 5.86. The first-order valence-electron chi connectivity index (χ1n) is 7.13. The number of methoxy groups -OCH3 is 1. The second kappa shape index (κ2) is 7.47. The first-order valence-corrected chi connectivity index (χ1v) is 7.13. The topological polar surface area (TPSA) is 51.0 Å². The van der Waals surface area contributed by atoms with E-state index in [-0.39, 0.29) is 0 Å². The highest BCUT2D eigenvalue weighted by atomic mass is 16.5. The quantitative estimate of drug-likeness (QED) is 0.828. The third kappa shape index (κ3) is 3.85. The minimum Gasteiger partial charge on any atom is -0.493 e. The van der Waals surface area contributed by atoms with Crippen molar-refractivity contribution in [3.8, 4) is 11.5 Å². The molecule has 1 saturated heterocycles. The summed E-state index contributed by atoms with van der Waals surface area (Å²) in [6.45, 7) is 5.41. The van der Waals surface area contributed by atoms with Gasteiger partial charge in [0.05, 0.1) is 7.11 Å². The molecule has 1 atom stereocenters. The summed E-state index contributed by atoms with van der Waals surface area (Å²) in [6.07, 6.45) is 0. The normalized spacial score (nSPS) is 20.9. The fraction of sp³-hybridized carbons (Fsp3) is 0.600. The van der Waals surface area contributed by atoms with E-state index in [0.717, 1.165) is 37.7 Å². The van der Waals surface area contributed by atoms with Crippen molar-refractivity contribution < 1.29 is 9.47 Å². The first-order chi connectivity index (χ1) is 9.74. The highest BCUT2D eigenvalue weighted by Gasteiger charge is 2.23. The third-order valence-corrected chi connectivity index (χ3v) is 3.78. The molecule has 1 heterocycles. The number of rotatable bonds is 6. The maximum Gasteiger partial charge on any atom is 0.161 e. The Bertz CT molecular complexity index is 414. The number of nitrogens with zero attached hydrogens (tertiary/aromatic N) is 2. The van der Waals surface area contributed by atoms with Gasteiger partial charge >= 0.3 is 0 Å². The van der Waals surface area contributed by atoms with Crippen molar-refractivity contribution in [3.05, 3.63) is 24.3 Å². The second-order valence-electron chi connectivity index (χ2n) is 5.19. The molecule has 1 fully saturated rings. The number of para-hydroxylation sites is 2. The van der Waals surface area contributed by atoms with Crippen LogP contribution in [0.4, 0.5) is 0 Å². The molecule has 0 saturated carbocycles. The zero-order valence-corrected chi connectivity index (χ0v) is 12.4. The number of piperazine rings is 1. The van der Waals surface area contributed by atoms with E-state index in [2.05, 4.69) is 16.8 Å².